The molecule has 0 aromatic carbocycles. The largest absolute Gasteiger partial charge is 0.379 e. The Bertz CT molecular complexity index is 895. The molecule has 0 radical (unpaired) electrons. The van der Waals surface area contributed by atoms with Crippen molar-refractivity contribution in [2.45, 2.75) is 46.7 Å². The highest BCUT2D eigenvalue weighted by molar-refractivity contribution is 5.86. The molecular formula is C20H29N7. The van der Waals surface area contributed by atoms with Crippen molar-refractivity contribution >= 4 is 11.8 Å². The normalized spacial score (nSPS) is 16.6. The minimum absolute atomic E-state index is 0.307. The molecule has 1 N–H and O–H groups in total. The molecule has 2 aromatic heterocycles. The molecule has 1 aliphatic rings. The van der Waals surface area contributed by atoms with Crippen LogP contribution in [0.3, 0.4) is 0 Å². The Hall–Kier alpha value is -2.83. The van der Waals surface area contributed by atoms with Gasteiger partial charge in [-0.15, -0.1) is 0 Å². The van der Waals surface area contributed by atoms with Crippen molar-refractivity contribution in [3.05, 3.63) is 52.9 Å². The first kappa shape index (κ1) is 18.9. The standard InChI is InChI=1S/C20H29N7/c1-14(2)27-20(9-15(3)24-27)19(21-10-17-11-22-25(5)13-17)8-7-18-12-23-26(6)16(18)4/h7-8,11-14,21H,9-10H2,1-6H3/b8-7+,20-19-. The van der Waals surface area contributed by atoms with E-state index < -0.39 is 0 Å². The summed E-state index contributed by atoms with van der Waals surface area (Å²) in [5, 5.41) is 19.0. The van der Waals surface area contributed by atoms with E-state index in [-0.39, 0.29) is 0 Å². The van der Waals surface area contributed by atoms with E-state index in [4.69, 9.17) is 5.10 Å². The quantitative estimate of drug-likeness (QED) is 0.853. The van der Waals surface area contributed by atoms with Gasteiger partial charge in [-0.25, -0.2) is 0 Å². The molecule has 0 amide bonds. The molecule has 0 saturated carbocycles. The van der Waals surface area contributed by atoms with E-state index in [1.54, 1.807) is 0 Å². The van der Waals surface area contributed by atoms with E-state index in [1.165, 1.54) is 5.70 Å². The van der Waals surface area contributed by atoms with Crippen LogP contribution in [0.1, 0.15) is 44.0 Å². The Morgan fingerprint density at radius 1 is 1.22 bits per heavy atom. The van der Waals surface area contributed by atoms with Crippen LogP contribution in [-0.4, -0.2) is 36.3 Å². The molecule has 0 fully saturated rings. The van der Waals surface area contributed by atoms with Gasteiger partial charge in [0.25, 0.3) is 0 Å². The second-order valence-electron chi connectivity index (χ2n) is 7.33. The summed E-state index contributed by atoms with van der Waals surface area (Å²) < 4.78 is 3.71. The van der Waals surface area contributed by atoms with Crippen LogP contribution < -0.4 is 5.32 Å². The zero-order valence-corrected chi connectivity index (χ0v) is 17.1. The molecule has 0 unspecified atom stereocenters. The van der Waals surface area contributed by atoms with Crippen LogP contribution in [0.15, 0.2) is 41.2 Å². The minimum Gasteiger partial charge on any atom is -0.379 e. The summed E-state index contributed by atoms with van der Waals surface area (Å²) >= 11 is 0. The molecule has 0 spiro atoms. The third-order valence-corrected chi connectivity index (χ3v) is 4.72. The number of aryl methyl sites for hydroxylation is 2. The van der Waals surface area contributed by atoms with Crippen molar-refractivity contribution < 1.29 is 0 Å². The van der Waals surface area contributed by atoms with Crippen LogP contribution in [0.5, 0.6) is 0 Å². The zero-order chi connectivity index (χ0) is 19.6. The molecule has 3 heterocycles. The summed E-state index contributed by atoms with van der Waals surface area (Å²) in [5.74, 6) is 0. The van der Waals surface area contributed by atoms with Gasteiger partial charge in [-0.1, -0.05) is 0 Å². The number of hydrogen-bond acceptors (Lipinski definition) is 5. The fourth-order valence-corrected chi connectivity index (χ4v) is 3.12. The molecule has 7 nitrogen and oxygen atoms in total. The number of hydrazone groups is 1. The van der Waals surface area contributed by atoms with Crippen LogP contribution in [0.2, 0.25) is 0 Å². The van der Waals surface area contributed by atoms with E-state index in [1.807, 2.05) is 42.0 Å². The smallest absolute Gasteiger partial charge is 0.0658 e. The zero-order valence-electron chi connectivity index (χ0n) is 17.1. The van der Waals surface area contributed by atoms with Gasteiger partial charge in [-0.2, -0.15) is 15.3 Å². The maximum absolute atomic E-state index is 4.71. The van der Waals surface area contributed by atoms with Crippen LogP contribution in [0, 0.1) is 6.92 Å². The predicted molar refractivity (Wildman–Crippen MR) is 109 cm³/mol. The summed E-state index contributed by atoms with van der Waals surface area (Å²) in [6.07, 6.45) is 10.9. The van der Waals surface area contributed by atoms with Gasteiger partial charge in [-0.3, -0.25) is 14.4 Å². The van der Waals surface area contributed by atoms with E-state index in [9.17, 15) is 0 Å². The van der Waals surface area contributed by atoms with Crippen molar-refractivity contribution in [2.75, 3.05) is 0 Å². The van der Waals surface area contributed by atoms with Crippen molar-refractivity contribution in [2.24, 2.45) is 19.2 Å². The van der Waals surface area contributed by atoms with Gasteiger partial charge in [0.2, 0.25) is 0 Å². The van der Waals surface area contributed by atoms with E-state index in [0.29, 0.717) is 12.6 Å². The highest BCUT2D eigenvalue weighted by Crippen LogP contribution is 2.25. The van der Waals surface area contributed by atoms with Gasteiger partial charge in [0.1, 0.15) is 0 Å². The first-order valence-electron chi connectivity index (χ1n) is 9.29. The van der Waals surface area contributed by atoms with E-state index in [0.717, 1.165) is 34.7 Å². The highest BCUT2D eigenvalue weighted by Gasteiger charge is 2.23. The number of nitrogens with one attached hydrogen (secondary N) is 1. The van der Waals surface area contributed by atoms with Gasteiger partial charge >= 0.3 is 0 Å². The van der Waals surface area contributed by atoms with Gasteiger partial charge in [0, 0.05) is 61.8 Å². The molecule has 0 bridgehead atoms. The fourth-order valence-electron chi connectivity index (χ4n) is 3.12. The van der Waals surface area contributed by atoms with Gasteiger partial charge in [-0.05, 0) is 39.8 Å². The van der Waals surface area contributed by atoms with Crippen LogP contribution in [0.25, 0.3) is 6.08 Å². The topological polar surface area (TPSA) is 63.3 Å². The van der Waals surface area contributed by atoms with Crippen LogP contribution >= 0.6 is 0 Å². The Morgan fingerprint density at radius 2 is 2.00 bits per heavy atom. The SMILES string of the molecule is CC1=NN(C(C)C)/C(=C(/C=C/c2cnn(C)c2C)NCc2cnn(C)c2)C1. The maximum Gasteiger partial charge on any atom is 0.0658 e. The fraction of sp³-hybridized carbons (Fsp3) is 0.450. The Labute approximate surface area is 161 Å². The first-order valence-corrected chi connectivity index (χ1v) is 9.29. The number of aromatic nitrogens is 4. The number of rotatable bonds is 6. The number of nitrogens with zero attached hydrogens (tertiary/aromatic N) is 6. The predicted octanol–water partition coefficient (Wildman–Crippen LogP) is 2.97. The lowest BCUT2D eigenvalue weighted by Crippen LogP contribution is -2.25. The molecular weight excluding hydrogens is 338 g/mol. The van der Waals surface area contributed by atoms with Crippen LogP contribution in [0.4, 0.5) is 0 Å². The van der Waals surface area contributed by atoms with E-state index in [2.05, 4.69) is 60.4 Å². The van der Waals surface area contributed by atoms with Crippen molar-refractivity contribution in [1.29, 1.82) is 0 Å². The highest BCUT2D eigenvalue weighted by atomic mass is 15.5. The van der Waals surface area contributed by atoms with Crippen molar-refractivity contribution in [1.82, 2.24) is 29.9 Å². The third-order valence-electron chi connectivity index (χ3n) is 4.72. The summed E-state index contributed by atoms with van der Waals surface area (Å²) in [6.45, 7) is 9.20. The molecule has 2 aromatic rings. The maximum atomic E-state index is 4.71. The van der Waals surface area contributed by atoms with Crippen molar-refractivity contribution in [3.63, 3.8) is 0 Å². The molecule has 144 valence electrons. The summed E-state index contributed by atoms with van der Waals surface area (Å²) in [7, 11) is 3.89. The molecule has 7 heteroatoms. The van der Waals surface area contributed by atoms with Gasteiger partial charge < -0.3 is 5.32 Å². The lowest BCUT2D eigenvalue weighted by atomic mass is 10.1. The Balaban J connectivity index is 1.90. The van der Waals surface area contributed by atoms with Crippen LogP contribution in [-0.2, 0) is 20.6 Å². The third kappa shape index (κ3) is 4.30. The molecule has 0 saturated heterocycles. The number of allylic oxidation sites excluding steroid dienone is 2. The monoisotopic (exact) mass is 367 g/mol. The van der Waals surface area contributed by atoms with Gasteiger partial charge in [0.05, 0.1) is 23.8 Å². The summed E-state index contributed by atoms with van der Waals surface area (Å²) in [5.41, 5.74) is 6.81. The average Bonchev–Trinajstić information content (AvgIpc) is 3.29. The number of hydrogen-bond donors (Lipinski definition) is 1. The molecule has 27 heavy (non-hydrogen) atoms. The molecule has 0 aliphatic carbocycles. The molecule has 0 atom stereocenters. The van der Waals surface area contributed by atoms with Gasteiger partial charge in [0.15, 0.2) is 0 Å². The van der Waals surface area contributed by atoms with E-state index >= 15 is 0 Å². The minimum atomic E-state index is 0.307. The average molecular weight is 368 g/mol. The second-order valence-corrected chi connectivity index (χ2v) is 7.33. The van der Waals surface area contributed by atoms with Crippen molar-refractivity contribution in [3.8, 4) is 0 Å². The Kier molecular flexibility index (Phi) is 5.48. The lowest BCUT2D eigenvalue weighted by Gasteiger charge is -2.23. The summed E-state index contributed by atoms with van der Waals surface area (Å²) in [4.78, 5) is 0. The Morgan fingerprint density at radius 3 is 2.59 bits per heavy atom. The molecule has 3 rings (SSSR count). The molecule has 1 aliphatic heterocycles. The first-order chi connectivity index (χ1) is 12.8. The lowest BCUT2D eigenvalue weighted by molar-refractivity contribution is 0.306. The second kappa shape index (κ2) is 7.82. The summed E-state index contributed by atoms with van der Waals surface area (Å²) in [6, 6.07) is 0.307.